The molecule has 2 aromatic carbocycles. The molecule has 0 saturated heterocycles. The summed E-state index contributed by atoms with van der Waals surface area (Å²) in [5, 5.41) is 6.16. The van der Waals surface area contributed by atoms with Crippen LogP contribution in [-0.2, 0) is 0 Å². The lowest BCUT2D eigenvalue weighted by Crippen LogP contribution is -2.19. The van der Waals surface area contributed by atoms with Crippen LogP contribution in [0.25, 0.3) is 11.1 Å². The van der Waals surface area contributed by atoms with Crippen molar-refractivity contribution in [3.8, 4) is 16.9 Å². The van der Waals surface area contributed by atoms with Crippen LogP contribution in [0.3, 0.4) is 0 Å². The number of carbonyl (C=O) groups excluding carboxylic acids is 1. The van der Waals surface area contributed by atoms with E-state index >= 15 is 0 Å². The van der Waals surface area contributed by atoms with E-state index in [1.165, 1.54) is 11.3 Å². The van der Waals surface area contributed by atoms with Crippen LogP contribution in [0.4, 0.5) is 15.6 Å². The Hall–Kier alpha value is -2.86. The number of anilines is 2. The van der Waals surface area contributed by atoms with Gasteiger partial charge in [0.05, 0.1) is 12.8 Å². The van der Waals surface area contributed by atoms with E-state index in [0.717, 1.165) is 16.0 Å². The number of carbonyl (C=O) groups is 1. The van der Waals surface area contributed by atoms with Crippen molar-refractivity contribution in [1.29, 1.82) is 0 Å². The highest BCUT2D eigenvalue weighted by Crippen LogP contribution is 2.31. The first-order valence-corrected chi connectivity index (χ1v) is 9.15. The molecule has 0 bridgehead atoms. The molecule has 3 aromatic rings. The molecule has 6 heteroatoms. The quantitative estimate of drug-likeness (QED) is 0.618. The molecule has 0 aliphatic rings. The standard InChI is InChI=1S/C20H21N3O2S/c1-13(2)18-12-21-20(26-18)23-19(24)22-16-10-9-15(11-17(16)25-3)14-7-5-4-6-8-14/h4-13H,1-3H3,(H2,21,22,23,24). The van der Waals surface area contributed by atoms with Crippen molar-refractivity contribution in [3.63, 3.8) is 0 Å². The summed E-state index contributed by atoms with van der Waals surface area (Å²) in [6.45, 7) is 4.19. The number of ether oxygens (including phenoxy) is 1. The second-order valence-electron chi connectivity index (χ2n) is 6.08. The molecular formula is C20H21N3O2S. The molecule has 26 heavy (non-hydrogen) atoms. The number of amides is 2. The molecule has 1 heterocycles. The average Bonchev–Trinajstić information content (AvgIpc) is 3.11. The molecule has 0 saturated carbocycles. The maximum atomic E-state index is 12.3. The van der Waals surface area contributed by atoms with E-state index < -0.39 is 0 Å². The largest absolute Gasteiger partial charge is 0.495 e. The van der Waals surface area contributed by atoms with Gasteiger partial charge in [-0.1, -0.05) is 50.2 Å². The predicted octanol–water partition coefficient (Wildman–Crippen LogP) is 5.59. The molecule has 3 rings (SSSR count). The Balaban J connectivity index is 1.73. The van der Waals surface area contributed by atoms with Crippen LogP contribution in [-0.4, -0.2) is 18.1 Å². The molecule has 0 aliphatic carbocycles. The number of aromatic nitrogens is 1. The van der Waals surface area contributed by atoms with Gasteiger partial charge >= 0.3 is 6.03 Å². The highest BCUT2D eigenvalue weighted by Gasteiger charge is 2.12. The normalized spacial score (nSPS) is 10.6. The molecule has 0 radical (unpaired) electrons. The van der Waals surface area contributed by atoms with Crippen LogP contribution in [0.15, 0.2) is 54.7 Å². The smallest absolute Gasteiger partial charge is 0.325 e. The number of methoxy groups -OCH3 is 1. The summed E-state index contributed by atoms with van der Waals surface area (Å²) in [5.41, 5.74) is 2.71. The topological polar surface area (TPSA) is 63.2 Å². The third kappa shape index (κ3) is 4.21. The monoisotopic (exact) mass is 367 g/mol. The minimum absolute atomic E-state index is 0.347. The number of urea groups is 1. The van der Waals surface area contributed by atoms with Gasteiger partial charge in [0.25, 0.3) is 0 Å². The summed E-state index contributed by atoms with van der Waals surface area (Å²) in [6.07, 6.45) is 1.79. The van der Waals surface area contributed by atoms with Crippen molar-refractivity contribution in [2.75, 3.05) is 17.7 Å². The van der Waals surface area contributed by atoms with Gasteiger partial charge < -0.3 is 10.1 Å². The lowest BCUT2D eigenvalue weighted by molar-refractivity contribution is 0.262. The summed E-state index contributed by atoms with van der Waals surface area (Å²) in [4.78, 5) is 17.6. The van der Waals surface area contributed by atoms with E-state index in [1.807, 2.05) is 48.5 Å². The third-order valence-corrected chi connectivity index (χ3v) is 5.08. The van der Waals surface area contributed by atoms with Gasteiger partial charge in [-0.05, 0) is 29.2 Å². The van der Waals surface area contributed by atoms with E-state index in [9.17, 15) is 4.79 Å². The second kappa shape index (κ2) is 8.01. The zero-order valence-corrected chi connectivity index (χ0v) is 15.8. The Kier molecular flexibility index (Phi) is 5.53. The van der Waals surface area contributed by atoms with Crippen LogP contribution in [0.1, 0.15) is 24.6 Å². The van der Waals surface area contributed by atoms with E-state index in [-0.39, 0.29) is 6.03 Å². The molecule has 134 valence electrons. The number of benzene rings is 2. The Morgan fingerprint density at radius 2 is 1.85 bits per heavy atom. The van der Waals surface area contributed by atoms with Gasteiger partial charge in [-0.25, -0.2) is 9.78 Å². The number of rotatable bonds is 5. The molecule has 0 fully saturated rings. The lowest BCUT2D eigenvalue weighted by atomic mass is 10.1. The van der Waals surface area contributed by atoms with Gasteiger partial charge in [0.15, 0.2) is 5.13 Å². The fraction of sp³-hybridized carbons (Fsp3) is 0.200. The summed E-state index contributed by atoms with van der Waals surface area (Å²) < 4.78 is 5.44. The number of nitrogens with one attached hydrogen (secondary N) is 2. The zero-order chi connectivity index (χ0) is 18.5. The van der Waals surface area contributed by atoms with Crippen molar-refractivity contribution in [3.05, 3.63) is 59.6 Å². The maximum absolute atomic E-state index is 12.3. The Bertz CT molecular complexity index is 891. The minimum Gasteiger partial charge on any atom is -0.495 e. The minimum atomic E-state index is -0.347. The van der Waals surface area contributed by atoms with Gasteiger partial charge in [0.1, 0.15) is 5.75 Å². The Labute approximate surface area is 157 Å². The van der Waals surface area contributed by atoms with Crippen LogP contribution in [0.2, 0.25) is 0 Å². The molecule has 0 atom stereocenters. The molecule has 0 unspecified atom stereocenters. The second-order valence-corrected chi connectivity index (χ2v) is 7.14. The first kappa shape index (κ1) is 17.9. The molecule has 2 N–H and O–H groups in total. The Morgan fingerprint density at radius 3 is 2.50 bits per heavy atom. The first-order valence-electron chi connectivity index (χ1n) is 8.34. The van der Waals surface area contributed by atoms with Crippen LogP contribution < -0.4 is 15.4 Å². The highest BCUT2D eigenvalue weighted by molar-refractivity contribution is 7.15. The van der Waals surface area contributed by atoms with Gasteiger partial charge in [-0.3, -0.25) is 5.32 Å². The van der Waals surface area contributed by atoms with Gasteiger partial charge in [-0.15, -0.1) is 11.3 Å². The van der Waals surface area contributed by atoms with Gasteiger partial charge in [0.2, 0.25) is 0 Å². The molecule has 1 aromatic heterocycles. The highest BCUT2D eigenvalue weighted by atomic mass is 32.1. The summed E-state index contributed by atoms with van der Waals surface area (Å²) in [5.74, 6) is 0.986. The molecule has 5 nitrogen and oxygen atoms in total. The van der Waals surface area contributed by atoms with Crippen molar-refractivity contribution in [1.82, 2.24) is 4.98 Å². The van der Waals surface area contributed by atoms with E-state index in [1.54, 1.807) is 13.3 Å². The number of hydrogen-bond donors (Lipinski definition) is 2. The molecule has 2 amide bonds. The fourth-order valence-electron chi connectivity index (χ4n) is 2.47. The van der Waals surface area contributed by atoms with Crippen LogP contribution >= 0.6 is 11.3 Å². The maximum Gasteiger partial charge on any atom is 0.325 e. The third-order valence-electron chi connectivity index (χ3n) is 3.87. The van der Waals surface area contributed by atoms with Crippen molar-refractivity contribution >= 4 is 28.2 Å². The van der Waals surface area contributed by atoms with Crippen LogP contribution in [0, 0.1) is 0 Å². The summed E-state index contributed by atoms with van der Waals surface area (Å²) in [6, 6.07) is 15.4. The lowest BCUT2D eigenvalue weighted by Gasteiger charge is -2.12. The SMILES string of the molecule is COc1cc(-c2ccccc2)ccc1NC(=O)Nc1ncc(C(C)C)s1. The first-order chi connectivity index (χ1) is 12.6. The van der Waals surface area contributed by atoms with Gasteiger partial charge in [-0.2, -0.15) is 0 Å². The predicted molar refractivity (Wildman–Crippen MR) is 107 cm³/mol. The zero-order valence-electron chi connectivity index (χ0n) is 14.9. The number of thiazole rings is 1. The molecule has 0 aliphatic heterocycles. The number of nitrogens with zero attached hydrogens (tertiary/aromatic N) is 1. The summed E-state index contributed by atoms with van der Waals surface area (Å²) >= 11 is 1.48. The van der Waals surface area contributed by atoms with Crippen molar-refractivity contribution in [2.45, 2.75) is 19.8 Å². The number of hydrogen-bond acceptors (Lipinski definition) is 4. The van der Waals surface area contributed by atoms with E-state index in [2.05, 4.69) is 29.5 Å². The van der Waals surface area contributed by atoms with Gasteiger partial charge in [0, 0.05) is 11.1 Å². The van der Waals surface area contributed by atoms with E-state index in [0.29, 0.717) is 22.5 Å². The fourth-order valence-corrected chi connectivity index (χ4v) is 3.28. The Morgan fingerprint density at radius 1 is 1.08 bits per heavy atom. The molecule has 0 spiro atoms. The van der Waals surface area contributed by atoms with Crippen molar-refractivity contribution < 1.29 is 9.53 Å². The van der Waals surface area contributed by atoms with E-state index in [4.69, 9.17) is 4.74 Å². The van der Waals surface area contributed by atoms with Crippen molar-refractivity contribution in [2.24, 2.45) is 0 Å². The molecular weight excluding hydrogens is 346 g/mol. The average molecular weight is 367 g/mol. The van der Waals surface area contributed by atoms with Crippen LogP contribution in [0.5, 0.6) is 5.75 Å². The summed E-state index contributed by atoms with van der Waals surface area (Å²) in [7, 11) is 1.59.